The summed E-state index contributed by atoms with van der Waals surface area (Å²) in [6.07, 6.45) is 2.67. The molecule has 2 aromatic rings. The van der Waals surface area contributed by atoms with Crippen molar-refractivity contribution >= 4 is 5.97 Å². The van der Waals surface area contributed by atoms with Crippen molar-refractivity contribution in [3.05, 3.63) is 41.2 Å². The summed E-state index contributed by atoms with van der Waals surface area (Å²) in [5.74, 6) is -0.410. The number of unbranched alkanes of at least 4 members (excludes halogenated alkanes) is 1. The highest BCUT2D eigenvalue weighted by Crippen LogP contribution is 2.16. The van der Waals surface area contributed by atoms with Crippen molar-refractivity contribution in [2.45, 2.75) is 26.2 Å². The third-order valence-electron chi connectivity index (χ3n) is 3.15. The van der Waals surface area contributed by atoms with E-state index in [1.54, 1.807) is 22.9 Å². The number of carbonyl (C=O) groups excluding carboxylic acids is 1. The zero-order valence-electron chi connectivity index (χ0n) is 12.0. The van der Waals surface area contributed by atoms with Gasteiger partial charge < -0.3 is 4.74 Å². The second-order valence-electron chi connectivity index (χ2n) is 4.55. The molecule has 0 bridgehead atoms. The molecule has 0 aliphatic heterocycles. The van der Waals surface area contributed by atoms with Crippen LogP contribution in [0.25, 0.3) is 5.69 Å². The number of methoxy groups -OCH3 is 1. The third kappa shape index (κ3) is 3.08. The van der Waals surface area contributed by atoms with Gasteiger partial charge in [-0.2, -0.15) is 5.26 Å². The van der Waals surface area contributed by atoms with Gasteiger partial charge in [-0.1, -0.05) is 24.6 Å². The molecular weight excluding hydrogens is 268 g/mol. The lowest BCUT2D eigenvalue weighted by Gasteiger charge is -2.07. The first kappa shape index (κ1) is 14.7. The SMILES string of the molecule is CCCCc1c(C#N)nnn1-c1cccc(C(=O)OC)c1. The molecule has 0 radical (unpaired) electrons. The van der Waals surface area contributed by atoms with Gasteiger partial charge in [-0.25, -0.2) is 9.48 Å². The molecule has 21 heavy (non-hydrogen) atoms. The number of hydrogen-bond acceptors (Lipinski definition) is 5. The Morgan fingerprint density at radius 2 is 2.29 bits per heavy atom. The summed E-state index contributed by atoms with van der Waals surface area (Å²) in [5.41, 5.74) is 2.22. The van der Waals surface area contributed by atoms with E-state index < -0.39 is 5.97 Å². The van der Waals surface area contributed by atoms with Crippen molar-refractivity contribution in [2.75, 3.05) is 7.11 Å². The van der Waals surface area contributed by atoms with E-state index >= 15 is 0 Å². The van der Waals surface area contributed by atoms with Gasteiger partial charge in [0.15, 0.2) is 5.69 Å². The summed E-state index contributed by atoms with van der Waals surface area (Å²) in [4.78, 5) is 11.6. The van der Waals surface area contributed by atoms with Crippen LogP contribution in [0, 0.1) is 11.3 Å². The molecule has 108 valence electrons. The fourth-order valence-electron chi connectivity index (χ4n) is 2.05. The predicted molar refractivity (Wildman–Crippen MR) is 76.0 cm³/mol. The zero-order valence-corrected chi connectivity index (χ0v) is 12.0. The van der Waals surface area contributed by atoms with E-state index in [1.807, 2.05) is 6.07 Å². The number of rotatable bonds is 5. The van der Waals surface area contributed by atoms with E-state index in [-0.39, 0.29) is 0 Å². The Morgan fingerprint density at radius 3 is 2.95 bits per heavy atom. The molecule has 1 aromatic heterocycles. The van der Waals surface area contributed by atoms with Crippen LogP contribution in [0.4, 0.5) is 0 Å². The van der Waals surface area contributed by atoms with Crippen molar-refractivity contribution in [3.63, 3.8) is 0 Å². The summed E-state index contributed by atoms with van der Waals surface area (Å²) in [5, 5.41) is 17.0. The van der Waals surface area contributed by atoms with Gasteiger partial charge in [-0.3, -0.25) is 0 Å². The number of hydrogen-bond donors (Lipinski definition) is 0. The molecule has 0 fully saturated rings. The number of ether oxygens (including phenoxy) is 1. The largest absolute Gasteiger partial charge is 0.465 e. The zero-order chi connectivity index (χ0) is 15.2. The number of carbonyl (C=O) groups is 1. The monoisotopic (exact) mass is 284 g/mol. The number of nitriles is 1. The highest BCUT2D eigenvalue weighted by Gasteiger charge is 2.15. The molecule has 0 spiro atoms. The minimum atomic E-state index is -0.410. The summed E-state index contributed by atoms with van der Waals surface area (Å²) in [6.45, 7) is 2.08. The van der Waals surface area contributed by atoms with Crippen LogP contribution in [-0.4, -0.2) is 28.1 Å². The van der Waals surface area contributed by atoms with Crippen LogP contribution in [0.2, 0.25) is 0 Å². The lowest BCUT2D eigenvalue weighted by Crippen LogP contribution is -2.06. The Kier molecular flexibility index (Phi) is 4.67. The van der Waals surface area contributed by atoms with E-state index in [0.717, 1.165) is 25.0 Å². The lowest BCUT2D eigenvalue weighted by molar-refractivity contribution is 0.0600. The molecule has 0 amide bonds. The van der Waals surface area contributed by atoms with Crippen LogP contribution < -0.4 is 0 Å². The first-order valence-electron chi connectivity index (χ1n) is 6.74. The van der Waals surface area contributed by atoms with E-state index in [9.17, 15) is 4.79 Å². The smallest absolute Gasteiger partial charge is 0.337 e. The predicted octanol–water partition coefficient (Wildman–Crippen LogP) is 2.27. The summed E-state index contributed by atoms with van der Waals surface area (Å²) in [6, 6.07) is 8.97. The maximum atomic E-state index is 11.6. The molecule has 6 heteroatoms. The Bertz CT molecular complexity index is 685. The third-order valence-corrected chi connectivity index (χ3v) is 3.15. The van der Waals surface area contributed by atoms with Gasteiger partial charge in [0, 0.05) is 0 Å². The minimum absolute atomic E-state index is 0.326. The first-order chi connectivity index (χ1) is 10.2. The Morgan fingerprint density at radius 1 is 1.48 bits per heavy atom. The van der Waals surface area contributed by atoms with E-state index in [0.29, 0.717) is 16.9 Å². The van der Waals surface area contributed by atoms with Crippen molar-refractivity contribution in [1.82, 2.24) is 15.0 Å². The molecule has 0 atom stereocenters. The van der Waals surface area contributed by atoms with Crippen molar-refractivity contribution < 1.29 is 9.53 Å². The highest BCUT2D eigenvalue weighted by atomic mass is 16.5. The Balaban J connectivity index is 2.44. The molecule has 0 unspecified atom stereocenters. The number of nitrogens with zero attached hydrogens (tertiary/aromatic N) is 4. The van der Waals surface area contributed by atoms with Gasteiger partial charge in [-0.05, 0) is 31.0 Å². The number of esters is 1. The Hall–Kier alpha value is -2.68. The molecule has 2 rings (SSSR count). The van der Waals surface area contributed by atoms with Gasteiger partial charge in [0.2, 0.25) is 0 Å². The Labute approximate surface area is 123 Å². The van der Waals surface area contributed by atoms with Gasteiger partial charge in [-0.15, -0.1) is 5.10 Å². The highest BCUT2D eigenvalue weighted by molar-refractivity contribution is 5.89. The van der Waals surface area contributed by atoms with Crippen molar-refractivity contribution in [1.29, 1.82) is 5.26 Å². The topological polar surface area (TPSA) is 80.8 Å². The quantitative estimate of drug-likeness (QED) is 0.787. The fourth-order valence-corrected chi connectivity index (χ4v) is 2.05. The van der Waals surface area contributed by atoms with Crippen LogP contribution in [-0.2, 0) is 11.2 Å². The van der Waals surface area contributed by atoms with E-state index in [2.05, 4.69) is 23.3 Å². The van der Waals surface area contributed by atoms with E-state index in [1.165, 1.54) is 7.11 Å². The van der Waals surface area contributed by atoms with Crippen LogP contribution >= 0.6 is 0 Å². The second kappa shape index (κ2) is 6.66. The summed E-state index contributed by atoms with van der Waals surface area (Å²) < 4.78 is 6.32. The lowest BCUT2D eigenvalue weighted by atomic mass is 10.1. The molecular formula is C15H16N4O2. The van der Waals surface area contributed by atoms with Crippen molar-refractivity contribution in [3.8, 4) is 11.8 Å². The molecule has 0 N–H and O–H groups in total. The van der Waals surface area contributed by atoms with Crippen LogP contribution in [0.1, 0.15) is 41.5 Å². The summed E-state index contributed by atoms with van der Waals surface area (Å²) in [7, 11) is 1.34. The number of benzene rings is 1. The molecule has 1 heterocycles. The molecule has 0 saturated heterocycles. The van der Waals surface area contributed by atoms with E-state index in [4.69, 9.17) is 10.00 Å². The minimum Gasteiger partial charge on any atom is -0.465 e. The summed E-state index contributed by atoms with van der Waals surface area (Å²) >= 11 is 0. The molecule has 0 saturated carbocycles. The van der Waals surface area contributed by atoms with Crippen molar-refractivity contribution in [2.24, 2.45) is 0 Å². The van der Waals surface area contributed by atoms with Gasteiger partial charge >= 0.3 is 5.97 Å². The van der Waals surface area contributed by atoms with Gasteiger partial charge in [0.25, 0.3) is 0 Å². The first-order valence-corrected chi connectivity index (χ1v) is 6.74. The van der Waals surface area contributed by atoms with Gasteiger partial charge in [0.05, 0.1) is 24.1 Å². The maximum absolute atomic E-state index is 11.6. The van der Waals surface area contributed by atoms with Crippen LogP contribution in [0.3, 0.4) is 0 Å². The second-order valence-corrected chi connectivity index (χ2v) is 4.55. The molecule has 0 aliphatic carbocycles. The average Bonchev–Trinajstić information content (AvgIpc) is 2.95. The molecule has 6 nitrogen and oxygen atoms in total. The van der Waals surface area contributed by atoms with Crippen LogP contribution in [0.15, 0.2) is 24.3 Å². The normalized spacial score (nSPS) is 10.1. The van der Waals surface area contributed by atoms with Crippen LogP contribution in [0.5, 0.6) is 0 Å². The maximum Gasteiger partial charge on any atom is 0.337 e. The fraction of sp³-hybridized carbons (Fsp3) is 0.333. The standard InChI is InChI=1S/C15H16N4O2/c1-3-4-8-14-13(10-16)17-18-19(14)12-7-5-6-11(9-12)15(20)21-2/h5-7,9H,3-4,8H2,1-2H3. The van der Waals surface area contributed by atoms with Gasteiger partial charge in [0.1, 0.15) is 6.07 Å². The molecule has 1 aromatic carbocycles. The average molecular weight is 284 g/mol. The number of aromatic nitrogens is 3. The molecule has 0 aliphatic rings.